The summed E-state index contributed by atoms with van der Waals surface area (Å²) in [6.07, 6.45) is 82.3. The van der Waals surface area contributed by atoms with Gasteiger partial charge in [-0.15, -0.1) is 0 Å². The van der Waals surface area contributed by atoms with E-state index in [1.165, 1.54) is 109 Å². The van der Waals surface area contributed by atoms with E-state index in [1.807, 2.05) is 21.1 Å². The van der Waals surface area contributed by atoms with Crippen LogP contribution in [0.1, 0.15) is 232 Å². The number of quaternary nitrogens is 1. The number of ether oxygens (including phenoxy) is 4. The highest BCUT2D eigenvalue weighted by atomic mass is 16.7. The molecule has 0 aliphatic carbocycles. The summed E-state index contributed by atoms with van der Waals surface area (Å²) in [6, 6.07) is 0. The van der Waals surface area contributed by atoms with Crippen molar-refractivity contribution in [1.82, 2.24) is 0 Å². The summed E-state index contributed by atoms with van der Waals surface area (Å²) >= 11 is 0. The third-order valence-electron chi connectivity index (χ3n) is 12.9. The summed E-state index contributed by atoms with van der Waals surface area (Å²) in [5, 5.41) is 11.8. The van der Waals surface area contributed by atoms with Gasteiger partial charge < -0.3 is 33.3 Å². The summed E-state index contributed by atoms with van der Waals surface area (Å²) in [6.45, 7) is 4.55. The molecule has 0 heterocycles. The number of carbonyl (C=O) groups excluding carboxylic acids is 3. The van der Waals surface area contributed by atoms with E-state index in [2.05, 4.69) is 148 Å². The quantitative estimate of drug-likeness (QED) is 0.0195. The lowest BCUT2D eigenvalue weighted by atomic mass is 10.0. The second-order valence-corrected chi connectivity index (χ2v) is 21.6. The zero-order valence-electron chi connectivity index (χ0n) is 50.9. The minimum Gasteiger partial charge on any atom is -0.545 e. The molecule has 0 aromatic heterocycles. The molecule has 2 atom stereocenters. The van der Waals surface area contributed by atoms with Gasteiger partial charge in [0.05, 0.1) is 40.3 Å². The van der Waals surface area contributed by atoms with Crippen LogP contribution in [0.25, 0.3) is 0 Å². The Hall–Kier alpha value is -4.57. The normalized spacial score (nSPS) is 13.7. The van der Waals surface area contributed by atoms with Gasteiger partial charge in [-0.2, -0.15) is 0 Å². The lowest BCUT2D eigenvalue weighted by Crippen LogP contribution is -2.44. The molecule has 0 radical (unpaired) electrons. The number of carboxylic acids is 1. The minimum absolute atomic E-state index is 0.129. The Kier molecular flexibility index (Phi) is 56.1. The maximum absolute atomic E-state index is 12.9. The highest BCUT2D eigenvalue weighted by Gasteiger charge is 2.22. The van der Waals surface area contributed by atoms with Gasteiger partial charge in [-0.3, -0.25) is 9.59 Å². The molecule has 79 heavy (non-hydrogen) atoms. The van der Waals surface area contributed by atoms with Crippen molar-refractivity contribution in [1.29, 1.82) is 0 Å². The minimum atomic E-state index is -1.65. The standard InChI is InChI=1S/C70H115NO8/c1-6-8-10-12-14-16-18-20-22-24-26-28-30-32-33-34-35-37-39-41-43-45-47-49-51-53-55-57-59-61-68(73)79-66(65-78-70(69(74)75)76-63-62-71(3,4)5)64-77-67(72)60-58-56-54-52-50-48-46-44-42-40-38-36-31-29-27-25-23-21-19-17-15-13-11-9-7-2/h8,10,14,16,19-22,25-28,32-33,35,37,41,43,47,49,53,55,66,70H,6-7,9,11-13,15,17-18,23-24,29-31,34,36,38-40,42,44-46,48,50-52,54,56-65H2,1-5H3/b10-8-,16-14-,21-19-,22-20-,27-25-,28-26-,33-32-,37-35-,43-41-,49-47-,55-53-. The van der Waals surface area contributed by atoms with Crippen LogP contribution >= 0.6 is 0 Å². The average Bonchev–Trinajstić information content (AvgIpc) is 3.42. The molecular formula is C70H115NO8. The van der Waals surface area contributed by atoms with Gasteiger partial charge in [0.2, 0.25) is 0 Å². The maximum Gasteiger partial charge on any atom is 0.306 e. The molecule has 0 N–H and O–H groups in total. The van der Waals surface area contributed by atoms with Crippen molar-refractivity contribution in [2.24, 2.45) is 0 Å². The topological polar surface area (TPSA) is 111 Å². The lowest BCUT2D eigenvalue weighted by molar-refractivity contribution is -0.870. The molecule has 0 aromatic carbocycles. The van der Waals surface area contributed by atoms with Gasteiger partial charge in [-0.05, 0) is 109 Å². The van der Waals surface area contributed by atoms with Crippen LogP contribution in [0.5, 0.6) is 0 Å². The predicted molar refractivity (Wildman–Crippen MR) is 333 cm³/mol. The second-order valence-electron chi connectivity index (χ2n) is 21.6. The van der Waals surface area contributed by atoms with E-state index >= 15 is 0 Å². The number of unbranched alkanes of at least 4 members (excludes halogenated alkanes) is 19. The Morgan fingerprint density at radius 1 is 0.392 bits per heavy atom. The summed E-state index contributed by atoms with van der Waals surface area (Å²) in [4.78, 5) is 37.4. The summed E-state index contributed by atoms with van der Waals surface area (Å²) in [5.74, 6) is -2.38. The third kappa shape index (κ3) is 60.9. The van der Waals surface area contributed by atoms with Crippen molar-refractivity contribution in [3.05, 3.63) is 134 Å². The van der Waals surface area contributed by atoms with Crippen molar-refractivity contribution in [3.8, 4) is 0 Å². The molecule has 0 saturated carbocycles. The van der Waals surface area contributed by atoms with Crippen LogP contribution in [0.2, 0.25) is 0 Å². The molecule has 0 saturated heterocycles. The van der Waals surface area contributed by atoms with Crippen LogP contribution in [0, 0.1) is 0 Å². The van der Waals surface area contributed by atoms with E-state index in [9.17, 15) is 19.5 Å². The Morgan fingerprint density at radius 2 is 0.734 bits per heavy atom. The highest BCUT2D eigenvalue weighted by Crippen LogP contribution is 2.15. The van der Waals surface area contributed by atoms with Gasteiger partial charge in [0, 0.05) is 12.8 Å². The zero-order chi connectivity index (χ0) is 57.6. The SMILES string of the molecule is CC/C=C\C/C=C\C/C=C\C/C=C\C/C=C\C/C=C\C/C=C\C/C=C\C/C=C\CCCC(=O)OC(COC(=O)CCCCCCCCCCCCCCC/C=C\C/C=C\CCCCCCC)COC(OCC[N+](C)(C)C)C(=O)[O-]. The van der Waals surface area contributed by atoms with Gasteiger partial charge in [-0.25, -0.2) is 0 Å². The van der Waals surface area contributed by atoms with Crippen molar-refractivity contribution in [3.63, 3.8) is 0 Å². The molecular weight excluding hydrogens is 983 g/mol. The number of allylic oxidation sites excluding steroid dienone is 22. The predicted octanol–water partition coefficient (Wildman–Crippen LogP) is 17.7. The average molecular weight is 1100 g/mol. The van der Waals surface area contributed by atoms with E-state index in [1.54, 1.807) is 0 Å². The number of rotatable bonds is 56. The molecule has 2 unspecified atom stereocenters. The Morgan fingerprint density at radius 3 is 1.11 bits per heavy atom. The number of carboxylic acid groups (broad SMARTS) is 1. The van der Waals surface area contributed by atoms with Crippen LogP contribution in [0.4, 0.5) is 0 Å². The summed E-state index contributed by atoms with van der Waals surface area (Å²) in [5.41, 5.74) is 0. The summed E-state index contributed by atoms with van der Waals surface area (Å²) < 4.78 is 22.7. The first kappa shape index (κ1) is 74.4. The van der Waals surface area contributed by atoms with Crippen LogP contribution < -0.4 is 5.11 Å². The van der Waals surface area contributed by atoms with Gasteiger partial charge in [0.1, 0.15) is 13.2 Å². The van der Waals surface area contributed by atoms with E-state index in [0.717, 1.165) is 83.5 Å². The molecule has 0 aliphatic heterocycles. The first-order chi connectivity index (χ1) is 38.6. The van der Waals surface area contributed by atoms with Gasteiger partial charge in [-0.1, -0.05) is 244 Å². The fourth-order valence-electron chi connectivity index (χ4n) is 8.10. The number of hydrogen-bond donors (Lipinski definition) is 0. The molecule has 0 fully saturated rings. The Labute approximate surface area is 484 Å². The number of carbonyl (C=O) groups is 3. The van der Waals surface area contributed by atoms with E-state index in [0.29, 0.717) is 23.9 Å². The molecule has 9 nitrogen and oxygen atoms in total. The Bertz CT molecular complexity index is 1750. The van der Waals surface area contributed by atoms with Crippen molar-refractivity contribution in [2.45, 2.75) is 245 Å². The first-order valence-corrected chi connectivity index (χ1v) is 31.3. The van der Waals surface area contributed by atoms with Crippen molar-refractivity contribution < 1.29 is 42.9 Å². The number of nitrogens with zero attached hydrogens (tertiary/aromatic N) is 1. The van der Waals surface area contributed by atoms with Gasteiger partial charge in [0.15, 0.2) is 12.4 Å². The van der Waals surface area contributed by atoms with Gasteiger partial charge >= 0.3 is 11.9 Å². The second kappa shape index (κ2) is 59.5. The zero-order valence-corrected chi connectivity index (χ0v) is 50.9. The Balaban J connectivity index is 4.35. The number of aliphatic carboxylic acids is 1. The number of hydrogen-bond acceptors (Lipinski definition) is 8. The molecule has 9 heteroatoms. The van der Waals surface area contributed by atoms with Crippen molar-refractivity contribution in [2.75, 3.05) is 47.5 Å². The number of likely N-dealkylation sites (N-methyl/N-ethyl adjacent to an activating group) is 1. The molecule has 0 spiro atoms. The molecule has 448 valence electrons. The maximum atomic E-state index is 12.9. The lowest BCUT2D eigenvalue weighted by Gasteiger charge is -2.26. The largest absolute Gasteiger partial charge is 0.545 e. The third-order valence-corrected chi connectivity index (χ3v) is 12.9. The van der Waals surface area contributed by atoms with Crippen LogP contribution in [-0.2, 0) is 33.3 Å². The summed E-state index contributed by atoms with van der Waals surface area (Å²) in [7, 11) is 5.90. The highest BCUT2D eigenvalue weighted by molar-refractivity contribution is 5.70. The number of esters is 2. The van der Waals surface area contributed by atoms with Crippen LogP contribution in [0.15, 0.2) is 134 Å². The molecule has 0 bridgehead atoms. The smallest absolute Gasteiger partial charge is 0.306 e. The monoisotopic (exact) mass is 1100 g/mol. The molecule has 0 aromatic rings. The first-order valence-electron chi connectivity index (χ1n) is 31.3. The fourth-order valence-corrected chi connectivity index (χ4v) is 8.10. The van der Waals surface area contributed by atoms with E-state index < -0.39 is 24.3 Å². The molecule has 0 aliphatic rings. The van der Waals surface area contributed by atoms with Crippen LogP contribution in [0.3, 0.4) is 0 Å². The van der Waals surface area contributed by atoms with Crippen molar-refractivity contribution >= 4 is 17.9 Å². The molecule has 0 amide bonds. The fraction of sp³-hybridized carbons (Fsp3) is 0.643. The molecule has 0 rings (SSSR count). The van der Waals surface area contributed by atoms with E-state index in [-0.39, 0.29) is 38.6 Å². The van der Waals surface area contributed by atoms with Gasteiger partial charge in [0.25, 0.3) is 0 Å². The van der Waals surface area contributed by atoms with Crippen LogP contribution in [-0.4, -0.2) is 82.3 Å². The van der Waals surface area contributed by atoms with E-state index in [4.69, 9.17) is 18.9 Å².